The third kappa shape index (κ3) is 4.16. The lowest BCUT2D eigenvalue weighted by atomic mass is 9.87. The van der Waals surface area contributed by atoms with E-state index in [-0.39, 0.29) is 11.3 Å². The molecule has 1 fully saturated rings. The summed E-state index contributed by atoms with van der Waals surface area (Å²) in [5.74, 6) is 0.0828. The predicted octanol–water partition coefficient (Wildman–Crippen LogP) is 4.60. The first-order valence-electron chi connectivity index (χ1n) is 8.75. The first kappa shape index (κ1) is 17.8. The van der Waals surface area contributed by atoms with Crippen molar-refractivity contribution in [3.05, 3.63) is 64.7 Å². The molecule has 1 aliphatic heterocycles. The van der Waals surface area contributed by atoms with Crippen molar-refractivity contribution in [3.63, 3.8) is 0 Å². The van der Waals surface area contributed by atoms with E-state index >= 15 is 0 Å². The van der Waals surface area contributed by atoms with Crippen LogP contribution in [0, 0.1) is 0 Å². The summed E-state index contributed by atoms with van der Waals surface area (Å²) < 4.78 is 0. The molecule has 0 N–H and O–H groups in total. The van der Waals surface area contributed by atoms with Crippen molar-refractivity contribution < 1.29 is 4.79 Å². The van der Waals surface area contributed by atoms with Crippen LogP contribution in [-0.4, -0.2) is 37.0 Å². The highest BCUT2D eigenvalue weighted by Gasteiger charge is 2.22. The molecule has 0 aromatic heterocycles. The molecule has 0 aliphatic carbocycles. The summed E-state index contributed by atoms with van der Waals surface area (Å²) in [5.41, 5.74) is 3.44. The smallest absolute Gasteiger partial charge is 0.253 e. The molecule has 1 aliphatic rings. The van der Waals surface area contributed by atoms with E-state index in [0.717, 1.165) is 26.2 Å². The Kier molecular flexibility index (Phi) is 5.05. The van der Waals surface area contributed by atoms with Gasteiger partial charge in [-0.15, -0.1) is 0 Å². The Labute approximate surface area is 155 Å². The zero-order valence-electron chi connectivity index (χ0n) is 15.1. The Morgan fingerprint density at radius 3 is 1.96 bits per heavy atom. The number of carbonyl (C=O) groups is 1. The van der Waals surface area contributed by atoms with Crippen molar-refractivity contribution in [2.24, 2.45) is 0 Å². The average molecular weight is 357 g/mol. The Balaban J connectivity index is 1.61. The quantitative estimate of drug-likeness (QED) is 0.785. The molecule has 132 valence electrons. The Bertz CT molecular complexity index is 724. The molecule has 1 saturated heterocycles. The SMILES string of the molecule is CC(C)(C)c1ccc(N2CCN(C(=O)c3ccc(Cl)cc3)CC2)cc1. The minimum absolute atomic E-state index is 0.0828. The molecule has 0 unspecified atom stereocenters. The Hall–Kier alpha value is -2.00. The normalized spacial score (nSPS) is 15.4. The fraction of sp³-hybridized carbons (Fsp3) is 0.381. The maximum Gasteiger partial charge on any atom is 0.253 e. The summed E-state index contributed by atoms with van der Waals surface area (Å²) in [5, 5.41) is 0.653. The number of anilines is 1. The molecule has 0 bridgehead atoms. The summed E-state index contributed by atoms with van der Waals surface area (Å²) in [6.07, 6.45) is 0. The lowest BCUT2D eigenvalue weighted by molar-refractivity contribution is 0.0747. The van der Waals surface area contributed by atoms with E-state index in [9.17, 15) is 4.79 Å². The fourth-order valence-corrected chi connectivity index (χ4v) is 3.24. The molecule has 1 amide bonds. The van der Waals surface area contributed by atoms with Crippen LogP contribution in [0.3, 0.4) is 0 Å². The van der Waals surface area contributed by atoms with Gasteiger partial charge in [-0.3, -0.25) is 4.79 Å². The number of benzene rings is 2. The third-order valence-corrected chi connectivity index (χ3v) is 5.01. The van der Waals surface area contributed by atoms with Crippen LogP contribution < -0.4 is 4.90 Å². The van der Waals surface area contributed by atoms with E-state index in [4.69, 9.17) is 11.6 Å². The first-order chi connectivity index (χ1) is 11.8. The van der Waals surface area contributed by atoms with Gasteiger partial charge >= 0.3 is 0 Å². The average Bonchev–Trinajstić information content (AvgIpc) is 2.61. The van der Waals surface area contributed by atoms with Crippen LogP contribution in [0.2, 0.25) is 5.02 Å². The van der Waals surface area contributed by atoms with Crippen molar-refractivity contribution in [2.75, 3.05) is 31.1 Å². The molecule has 0 spiro atoms. The second-order valence-electron chi connectivity index (χ2n) is 7.58. The molecule has 0 radical (unpaired) electrons. The van der Waals surface area contributed by atoms with Crippen LogP contribution in [0.4, 0.5) is 5.69 Å². The molecule has 3 nitrogen and oxygen atoms in total. The molecule has 0 atom stereocenters. The highest BCUT2D eigenvalue weighted by molar-refractivity contribution is 6.30. The fourth-order valence-electron chi connectivity index (χ4n) is 3.12. The van der Waals surface area contributed by atoms with Crippen molar-refractivity contribution in [2.45, 2.75) is 26.2 Å². The van der Waals surface area contributed by atoms with E-state index in [1.54, 1.807) is 24.3 Å². The molecule has 1 heterocycles. The van der Waals surface area contributed by atoms with Crippen LogP contribution in [0.15, 0.2) is 48.5 Å². The van der Waals surface area contributed by atoms with Gasteiger partial charge in [0.05, 0.1) is 0 Å². The van der Waals surface area contributed by atoms with Crippen LogP contribution in [0.25, 0.3) is 0 Å². The van der Waals surface area contributed by atoms with Gasteiger partial charge in [-0.2, -0.15) is 0 Å². The zero-order valence-corrected chi connectivity index (χ0v) is 15.9. The number of amides is 1. The van der Waals surface area contributed by atoms with Gasteiger partial charge in [-0.25, -0.2) is 0 Å². The number of rotatable bonds is 2. The molecule has 2 aromatic carbocycles. The maximum absolute atomic E-state index is 12.6. The van der Waals surface area contributed by atoms with Crippen molar-refractivity contribution in [1.82, 2.24) is 4.90 Å². The third-order valence-electron chi connectivity index (χ3n) is 4.76. The summed E-state index contributed by atoms with van der Waals surface area (Å²) >= 11 is 5.90. The van der Waals surface area contributed by atoms with Crippen LogP contribution in [0.5, 0.6) is 0 Å². The number of piperazine rings is 1. The topological polar surface area (TPSA) is 23.6 Å². The molecular weight excluding hydrogens is 332 g/mol. The molecular formula is C21H25ClN2O. The molecule has 3 rings (SSSR count). The summed E-state index contributed by atoms with van der Waals surface area (Å²) in [6, 6.07) is 15.9. The lowest BCUT2D eigenvalue weighted by Crippen LogP contribution is -2.48. The minimum Gasteiger partial charge on any atom is -0.368 e. The van der Waals surface area contributed by atoms with E-state index in [0.29, 0.717) is 10.6 Å². The minimum atomic E-state index is 0.0828. The predicted molar refractivity (Wildman–Crippen MR) is 105 cm³/mol. The number of nitrogens with zero attached hydrogens (tertiary/aromatic N) is 2. The summed E-state index contributed by atoms with van der Waals surface area (Å²) in [6.45, 7) is 9.86. The first-order valence-corrected chi connectivity index (χ1v) is 9.13. The molecule has 0 saturated carbocycles. The second kappa shape index (κ2) is 7.09. The van der Waals surface area contributed by atoms with Gasteiger partial charge < -0.3 is 9.80 Å². The number of carbonyl (C=O) groups excluding carboxylic acids is 1. The van der Waals surface area contributed by atoms with E-state index < -0.39 is 0 Å². The Morgan fingerprint density at radius 2 is 1.44 bits per heavy atom. The van der Waals surface area contributed by atoms with Crippen molar-refractivity contribution in [3.8, 4) is 0 Å². The number of halogens is 1. The van der Waals surface area contributed by atoms with E-state index in [2.05, 4.69) is 49.9 Å². The van der Waals surface area contributed by atoms with Gasteiger partial charge in [-0.1, -0.05) is 44.5 Å². The van der Waals surface area contributed by atoms with Crippen molar-refractivity contribution in [1.29, 1.82) is 0 Å². The molecule has 4 heteroatoms. The monoisotopic (exact) mass is 356 g/mol. The van der Waals surface area contributed by atoms with E-state index in [1.807, 2.05) is 4.90 Å². The van der Waals surface area contributed by atoms with Crippen LogP contribution >= 0.6 is 11.6 Å². The zero-order chi connectivity index (χ0) is 18.0. The number of hydrogen-bond donors (Lipinski definition) is 0. The summed E-state index contributed by atoms with van der Waals surface area (Å²) in [4.78, 5) is 16.8. The van der Waals surface area contributed by atoms with Gasteiger partial charge in [0.25, 0.3) is 5.91 Å². The lowest BCUT2D eigenvalue weighted by Gasteiger charge is -2.36. The van der Waals surface area contributed by atoms with Gasteiger partial charge in [-0.05, 0) is 47.4 Å². The van der Waals surface area contributed by atoms with Crippen LogP contribution in [-0.2, 0) is 5.41 Å². The Morgan fingerprint density at radius 1 is 0.880 bits per heavy atom. The second-order valence-corrected chi connectivity index (χ2v) is 8.02. The number of hydrogen-bond acceptors (Lipinski definition) is 2. The van der Waals surface area contributed by atoms with Crippen molar-refractivity contribution >= 4 is 23.2 Å². The largest absolute Gasteiger partial charge is 0.368 e. The van der Waals surface area contributed by atoms with E-state index in [1.165, 1.54) is 11.3 Å². The standard InChI is InChI=1S/C21H25ClN2O/c1-21(2,3)17-6-10-19(11-7-17)23-12-14-24(15-13-23)20(25)16-4-8-18(22)9-5-16/h4-11H,12-15H2,1-3H3. The van der Waals surface area contributed by atoms with Gasteiger partial charge in [0.2, 0.25) is 0 Å². The van der Waals surface area contributed by atoms with Crippen LogP contribution in [0.1, 0.15) is 36.7 Å². The van der Waals surface area contributed by atoms with Gasteiger partial charge in [0.1, 0.15) is 0 Å². The molecule has 2 aromatic rings. The van der Waals surface area contributed by atoms with Gasteiger partial charge in [0.15, 0.2) is 0 Å². The maximum atomic E-state index is 12.6. The summed E-state index contributed by atoms with van der Waals surface area (Å²) in [7, 11) is 0. The molecule has 25 heavy (non-hydrogen) atoms. The highest BCUT2D eigenvalue weighted by Crippen LogP contribution is 2.25. The van der Waals surface area contributed by atoms with Gasteiger partial charge in [0, 0.05) is 42.5 Å². The highest BCUT2D eigenvalue weighted by atomic mass is 35.5.